The quantitative estimate of drug-likeness (QED) is 0.687. The zero-order valence-corrected chi connectivity index (χ0v) is 17.7. The molecule has 0 saturated carbocycles. The Labute approximate surface area is 177 Å². The zero-order chi connectivity index (χ0) is 21.1. The number of benzene rings is 2. The number of methoxy groups -OCH3 is 2. The van der Waals surface area contributed by atoms with Gasteiger partial charge in [-0.3, -0.25) is 4.79 Å². The van der Waals surface area contributed by atoms with E-state index >= 15 is 0 Å². The van der Waals surface area contributed by atoms with E-state index in [1.165, 1.54) is 22.3 Å². The van der Waals surface area contributed by atoms with Crippen LogP contribution in [-0.4, -0.2) is 56.3 Å². The fourth-order valence-electron chi connectivity index (χ4n) is 4.52. The van der Waals surface area contributed by atoms with Crippen LogP contribution in [0.25, 0.3) is 0 Å². The van der Waals surface area contributed by atoms with Gasteiger partial charge in [0.25, 0.3) is 0 Å². The maximum absolute atomic E-state index is 12.7. The Morgan fingerprint density at radius 3 is 2.33 bits per heavy atom. The van der Waals surface area contributed by atoms with Crippen molar-refractivity contribution in [1.82, 2.24) is 10.2 Å². The first-order valence-electron chi connectivity index (χ1n) is 10.6. The van der Waals surface area contributed by atoms with E-state index in [4.69, 9.17) is 9.47 Å². The Morgan fingerprint density at radius 1 is 1.07 bits per heavy atom. The Balaban J connectivity index is 1.24. The molecule has 0 fully saturated rings. The van der Waals surface area contributed by atoms with E-state index in [0.29, 0.717) is 24.6 Å². The minimum atomic E-state index is 0.202. The molecule has 1 aliphatic carbocycles. The number of phenols is 1. The average molecular weight is 411 g/mol. The smallest absolute Gasteiger partial charge is 0.223 e. The molecule has 2 aromatic carbocycles. The summed E-state index contributed by atoms with van der Waals surface area (Å²) in [6, 6.07) is 9.68. The van der Waals surface area contributed by atoms with Crippen molar-refractivity contribution in [2.75, 3.05) is 40.4 Å². The van der Waals surface area contributed by atoms with Crippen molar-refractivity contribution in [3.8, 4) is 17.2 Å². The highest BCUT2D eigenvalue weighted by Gasteiger charge is 2.26. The number of fused-ring (bicyclic) bond motifs is 2. The summed E-state index contributed by atoms with van der Waals surface area (Å²) in [5, 5.41) is 12.9. The average Bonchev–Trinajstić information content (AvgIpc) is 2.95. The number of nitrogens with zero attached hydrogens (tertiary/aromatic N) is 1. The minimum Gasteiger partial charge on any atom is -0.508 e. The van der Waals surface area contributed by atoms with Crippen LogP contribution in [-0.2, 0) is 24.1 Å². The van der Waals surface area contributed by atoms with E-state index in [-0.39, 0.29) is 5.91 Å². The molecule has 0 aromatic heterocycles. The lowest BCUT2D eigenvalue weighted by Gasteiger charge is -2.30. The first-order chi connectivity index (χ1) is 14.6. The Bertz CT molecular complexity index is 893. The number of amides is 1. The van der Waals surface area contributed by atoms with Gasteiger partial charge in [-0.25, -0.2) is 0 Å². The monoisotopic (exact) mass is 410 g/mol. The molecule has 1 atom stereocenters. The van der Waals surface area contributed by atoms with E-state index in [2.05, 4.69) is 5.32 Å². The summed E-state index contributed by atoms with van der Waals surface area (Å²) in [6.07, 6.45) is 3.17. The van der Waals surface area contributed by atoms with Crippen LogP contribution < -0.4 is 14.8 Å². The molecule has 0 saturated heterocycles. The fourth-order valence-corrected chi connectivity index (χ4v) is 4.52. The van der Waals surface area contributed by atoms with Gasteiger partial charge in [0.15, 0.2) is 11.5 Å². The Kier molecular flexibility index (Phi) is 6.13. The standard InChI is InChI=1S/C24H30N2O4/c1-29-22-13-16-6-9-26(10-7-17(16)14-23(22)30-2)24(28)5-8-25-15-19-11-18-12-20(27)3-4-21(18)19/h3-4,12-14,19,25,27H,5-11,15H2,1-2H3. The number of carbonyl (C=O) groups is 1. The van der Waals surface area contributed by atoms with Crippen LogP contribution in [0.3, 0.4) is 0 Å². The number of hydrogen-bond donors (Lipinski definition) is 2. The van der Waals surface area contributed by atoms with E-state index < -0.39 is 0 Å². The molecule has 2 aliphatic rings. The molecule has 1 amide bonds. The molecule has 4 rings (SSSR count). The molecule has 1 unspecified atom stereocenters. The van der Waals surface area contributed by atoms with Crippen LogP contribution in [0.2, 0.25) is 0 Å². The highest BCUT2D eigenvalue weighted by atomic mass is 16.5. The number of nitrogens with one attached hydrogen (secondary N) is 1. The highest BCUT2D eigenvalue weighted by Crippen LogP contribution is 2.36. The van der Waals surface area contributed by atoms with Crippen LogP contribution in [0.4, 0.5) is 0 Å². The summed E-state index contributed by atoms with van der Waals surface area (Å²) in [5.74, 6) is 2.50. The summed E-state index contributed by atoms with van der Waals surface area (Å²) in [7, 11) is 3.30. The molecule has 2 N–H and O–H groups in total. The number of aromatic hydroxyl groups is 1. The lowest BCUT2D eigenvalue weighted by atomic mass is 9.77. The number of carbonyl (C=O) groups excluding carboxylic acids is 1. The third-order valence-electron chi connectivity index (χ3n) is 6.30. The number of hydrogen-bond acceptors (Lipinski definition) is 5. The molecular formula is C24H30N2O4. The van der Waals surface area contributed by atoms with Gasteiger partial charge in [0.05, 0.1) is 14.2 Å². The molecule has 2 aromatic rings. The van der Waals surface area contributed by atoms with Gasteiger partial charge >= 0.3 is 0 Å². The van der Waals surface area contributed by atoms with Crippen LogP contribution >= 0.6 is 0 Å². The lowest BCUT2D eigenvalue weighted by Crippen LogP contribution is -2.36. The molecule has 0 radical (unpaired) electrons. The summed E-state index contributed by atoms with van der Waals surface area (Å²) in [4.78, 5) is 14.7. The van der Waals surface area contributed by atoms with E-state index in [0.717, 1.165) is 50.4 Å². The van der Waals surface area contributed by atoms with Crippen molar-refractivity contribution >= 4 is 5.91 Å². The van der Waals surface area contributed by atoms with Gasteiger partial charge in [0.1, 0.15) is 5.75 Å². The Hall–Kier alpha value is -2.73. The van der Waals surface area contributed by atoms with E-state index in [1.54, 1.807) is 20.3 Å². The summed E-state index contributed by atoms with van der Waals surface area (Å²) in [6.45, 7) is 3.03. The van der Waals surface area contributed by atoms with Crippen molar-refractivity contribution in [3.05, 3.63) is 52.6 Å². The summed E-state index contributed by atoms with van der Waals surface area (Å²) < 4.78 is 10.8. The third kappa shape index (κ3) is 4.24. The molecule has 1 aliphatic heterocycles. The van der Waals surface area contributed by atoms with E-state index in [1.807, 2.05) is 29.2 Å². The molecule has 6 nitrogen and oxygen atoms in total. The van der Waals surface area contributed by atoms with Crippen molar-refractivity contribution < 1.29 is 19.4 Å². The molecule has 0 bridgehead atoms. The van der Waals surface area contributed by atoms with Crippen LogP contribution in [0.1, 0.15) is 34.6 Å². The maximum atomic E-state index is 12.7. The van der Waals surface area contributed by atoms with Crippen molar-refractivity contribution in [2.45, 2.75) is 31.6 Å². The van der Waals surface area contributed by atoms with Gasteiger partial charge < -0.3 is 24.8 Å². The number of ether oxygens (including phenoxy) is 2. The first kappa shape index (κ1) is 20.5. The number of rotatable bonds is 7. The van der Waals surface area contributed by atoms with Crippen molar-refractivity contribution in [1.29, 1.82) is 0 Å². The second-order valence-corrected chi connectivity index (χ2v) is 8.09. The highest BCUT2D eigenvalue weighted by molar-refractivity contribution is 5.76. The minimum absolute atomic E-state index is 0.202. The molecule has 160 valence electrons. The predicted octanol–water partition coefficient (Wildman–Crippen LogP) is 2.66. The molecule has 30 heavy (non-hydrogen) atoms. The van der Waals surface area contributed by atoms with Gasteiger partial charge in [0.2, 0.25) is 5.91 Å². The molecule has 6 heteroatoms. The lowest BCUT2D eigenvalue weighted by molar-refractivity contribution is -0.131. The van der Waals surface area contributed by atoms with Crippen molar-refractivity contribution in [3.63, 3.8) is 0 Å². The summed E-state index contributed by atoms with van der Waals surface area (Å²) in [5.41, 5.74) is 5.00. The molecule has 1 heterocycles. The Morgan fingerprint density at radius 2 is 1.73 bits per heavy atom. The molecule has 0 spiro atoms. The SMILES string of the molecule is COc1cc2c(cc1OC)CCN(C(=O)CCNCC1Cc3cc(O)ccc31)CC2. The van der Waals surface area contributed by atoms with Gasteiger partial charge in [-0.15, -0.1) is 0 Å². The van der Waals surface area contributed by atoms with E-state index in [9.17, 15) is 9.90 Å². The van der Waals surface area contributed by atoms with Crippen LogP contribution in [0.15, 0.2) is 30.3 Å². The van der Waals surface area contributed by atoms with Gasteiger partial charge in [-0.05, 0) is 65.8 Å². The van der Waals surface area contributed by atoms with Crippen LogP contribution in [0.5, 0.6) is 17.2 Å². The summed E-state index contributed by atoms with van der Waals surface area (Å²) >= 11 is 0. The van der Waals surface area contributed by atoms with Gasteiger partial charge in [-0.2, -0.15) is 0 Å². The van der Waals surface area contributed by atoms with Crippen LogP contribution in [0, 0.1) is 0 Å². The predicted molar refractivity (Wildman–Crippen MR) is 116 cm³/mol. The van der Waals surface area contributed by atoms with Crippen molar-refractivity contribution in [2.24, 2.45) is 0 Å². The topological polar surface area (TPSA) is 71.0 Å². The maximum Gasteiger partial charge on any atom is 0.223 e. The third-order valence-corrected chi connectivity index (χ3v) is 6.30. The second-order valence-electron chi connectivity index (χ2n) is 8.09. The fraction of sp³-hybridized carbons (Fsp3) is 0.458. The van der Waals surface area contributed by atoms with Gasteiger partial charge in [-0.1, -0.05) is 6.07 Å². The van der Waals surface area contributed by atoms with Gasteiger partial charge in [0, 0.05) is 38.5 Å². The normalized spacial score (nSPS) is 17.4. The first-order valence-corrected chi connectivity index (χ1v) is 10.6. The molecular weight excluding hydrogens is 380 g/mol. The largest absolute Gasteiger partial charge is 0.508 e. The number of phenolic OH excluding ortho intramolecular Hbond substituents is 1. The second kappa shape index (κ2) is 8.96. The zero-order valence-electron chi connectivity index (χ0n) is 17.7.